The van der Waals surface area contributed by atoms with Gasteiger partial charge in [0.15, 0.2) is 0 Å². The number of hydrogen-bond acceptors (Lipinski definition) is 1. The summed E-state index contributed by atoms with van der Waals surface area (Å²) in [6.07, 6.45) is 3.07. The number of aromatic nitrogens is 1. The van der Waals surface area contributed by atoms with E-state index in [1.165, 1.54) is 5.56 Å². The Hall–Kier alpha value is -3.01. The average molecular weight is 388 g/mol. The van der Waals surface area contributed by atoms with Gasteiger partial charge >= 0.3 is 6.03 Å². The molecule has 1 aliphatic heterocycles. The van der Waals surface area contributed by atoms with Gasteiger partial charge in [0.1, 0.15) is 0 Å². The van der Waals surface area contributed by atoms with Gasteiger partial charge in [0.25, 0.3) is 0 Å². The van der Waals surface area contributed by atoms with Crippen molar-refractivity contribution in [2.24, 2.45) is 5.92 Å². The number of aryl methyl sites for hydroxylation is 1. The molecular weight excluding hydrogens is 358 g/mol. The number of urea groups is 1. The van der Waals surface area contributed by atoms with Gasteiger partial charge in [-0.3, -0.25) is 0 Å². The zero-order valence-corrected chi connectivity index (χ0v) is 17.4. The van der Waals surface area contributed by atoms with Crippen LogP contribution in [0.5, 0.6) is 0 Å². The number of nitrogens with one attached hydrogen (secondary N) is 1. The first-order valence-electron chi connectivity index (χ1n) is 10.4. The molecule has 2 aromatic carbocycles. The molecule has 150 valence electrons. The molecule has 3 aromatic rings. The van der Waals surface area contributed by atoms with Crippen molar-refractivity contribution < 1.29 is 4.79 Å². The zero-order chi connectivity index (χ0) is 20.4. The van der Waals surface area contributed by atoms with E-state index in [9.17, 15) is 4.79 Å². The Bertz CT molecular complexity index is 1000. The second kappa shape index (κ2) is 8.16. The minimum Gasteiger partial charge on any atom is -0.338 e. The molecule has 29 heavy (non-hydrogen) atoms. The van der Waals surface area contributed by atoms with Crippen LogP contribution in [0.25, 0.3) is 5.69 Å². The van der Waals surface area contributed by atoms with E-state index in [0.29, 0.717) is 19.0 Å². The zero-order valence-electron chi connectivity index (χ0n) is 17.4. The van der Waals surface area contributed by atoms with Crippen LogP contribution in [-0.4, -0.2) is 22.0 Å². The second-order valence-electron chi connectivity index (χ2n) is 8.29. The normalized spacial score (nSPS) is 15.6. The van der Waals surface area contributed by atoms with Crippen molar-refractivity contribution in [2.45, 2.75) is 39.8 Å². The molecular formula is C25H29N3O. The maximum atomic E-state index is 13.3. The molecule has 1 aromatic heterocycles. The van der Waals surface area contributed by atoms with Crippen LogP contribution >= 0.6 is 0 Å². The lowest BCUT2D eigenvalue weighted by molar-refractivity contribution is 0.180. The van der Waals surface area contributed by atoms with Gasteiger partial charge in [0, 0.05) is 18.4 Å². The first-order chi connectivity index (χ1) is 14.0. The predicted molar refractivity (Wildman–Crippen MR) is 117 cm³/mol. The van der Waals surface area contributed by atoms with Crippen molar-refractivity contribution >= 4 is 6.03 Å². The van der Waals surface area contributed by atoms with Gasteiger partial charge in [-0.25, -0.2) is 4.79 Å². The van der Waals surface area contributed by atoms with E-state index in [0.717, 1.165) is 28.9 Å². The fourth-order valence-electron chi connectivity index (χ4n) is 4.10. The molecule has 0 aliphatic carbocycles. The van der Waals surface area contributed by atoms with Gasteiger partial charge in [-0.05, 0) is 48.6 Å². The highest BCUT2D eigenvalue weighted by molar-refractivity contribution is 5.76. The molecule has 0 radical (unpaired) electrons. The molecule has 0 bridgehead atoms. The van der Waals surface area contributed by atoms with Crippen LogP contribution in [0.15, 0.2) is 66.9 Å². The highest BCUT2D eigenvalue weighted by atomic mass is 16.2. The topological polar surface area (TPSA) is 37.3 Å². The van der Waals surface area contributed by atoms with Crippen molar-refractivity contribution in [1.29, 1.82) is 0 Å². The summed E-state index contributed by atoms with van der Waals surface area (Å²) >= 11 is 0. The number of amides is 2. The number of rotatable bonds is 4. The summed E-state index contributed by atoms with van der Waals surface area (Å²) in [5, 5.41) is 3.16. The lowest BCUT2D eigenvalue weighted by atomic mass is 10.00. The van der Waals surface area contributed by atoms with Crippen molar-refractivity contribution in [3.8, 4) is 5.69 Å². The first kappa shape index (κ1) is 19.3. The standard InChI is InChI=1S/C25H29N3O/c1-18(2)13-14-26-25(29)28-17-21-9-4-5-11-22(21)27-15-7-12-23(27)24(28)20-10-6-8-19(3)16-20/h4-12,15-16,18,24H,13-14,17H2,1-3H3,(H,26,29)/t24-/m1/s1. The van der Waals surface area contributed by atoms with Gasteiger partial charge in [-0.15, -0.1) is 0 Å². The fourth-order valence-corrected chi connectivity index (χ4v) is 4.10. The van der Waals surface area contributed by atoms with Crippen LogP contribution in [0, 0.1) is 12.8 Å². The minimum absolute atomic E-state index is 0.0124. The molecule has 0 saturated carbocycles. The van der Waals surface area contributed by atoms with E-state index >= 15 is 0 Å². The molecule has 4 nitrogen and oxygen atoms in total. The van der Waals surface area contributed by atoms with Gasteiger partial charge in [-0.2, -0.15) is 0 Å². The lowest BCUT2D eigenvalue weighted by Crippen LogP contribution is -2.42. The SMILES string of the molecule is Cc1cccc([C@@H]2c3cccn3-c3ccccc3CN2C(=O)NCCC(C)C)c1. The molecule has 0 spiro atoms. The first-order valence-corrected chi connectivity index (χ1v) is 10.4. The second-order valence-corrected chi connectivity index (χ2v) is 8.29. The van der Waals surface area contributed by atoms with Crippen molar-refractivity contribution in [2.75, 3.05) is 6.54 Å². The van der Waals surface area contributed by atoms with Crippen molar-refractivity contribution in [1.82, 2.24) is 14.8 Å². The number of fused-ring (bicyclic) bond motifs is 3. The highest BCUT2D eigenvalue weighted by Crippen LogP contribution is 2.36. The van der Waals surface area contributed by atoms with Gasteiger partial charge < -0.3 is 14.8 Å². The molecule has 1 aliphatic rings. The molecule has 1 atom stereocenters. The van der Waals surface area contributed by atoms with Crippen LogP contribution in [0.1, 0.15) is 48.7 Å². The lowest BCUT2D eigenvalue weighted by Gasteiger charge is -2.31. The quantitative estimate of drug-likeness (QED) is 0.635. The van der Waals surface area contributed by atoms with Crippen LogP contribution in [0.2, 0.25) is 0 Å². The molecule has 4 heteroatoms. The van der Waals surface area contributed by atoms with Crippen molar-refractivity contribution in [3.63, 3.8) is 0 Å². The Labute approximate surface area is 173 Å². The van der Waals surface area contributed by atoms with E-state index in [2.05, 4.69) is 91.4 Å². The van der Waals surface area contributed by atoms with Gasteiger partial charge in [-0.1, -0.05) is 61.9 Å². The number of benzene rings is 2. The number of carbonyl (C=O) groups excluding carboxylic acids is 1. The van der Waals surface area contributed by atoms with Crippen molar-refractivity contribution in [3.05, 3.63) is 89.2 Å². The van der Waals surface area contributed by atoms with E-state index < -0.39 is 0 Å². The maximum absolute atomic E-state index is 13.3. The summed E-state index contributed by atoms with van der Waals surface area (Å²) in [5.41, 5.74) is 5.74. The third-order valence-corrected chi connectivity index (χ3v) is 5.58. The molecule has 2 amide bonds. The van der Waals surface area contributed by atoms with Crippen LogP contribution in [0.4, 0.5) is 4.79 Å². The average Bonchev–Trinajstić information content (AvgIpc) is 3.11. The minimum atomic E-state index is -0.142. The summed E-state index contributed by atoms with van der Waals surface area (Å²) in [6, 6.07) is 20.9. The Morgan fingerprint density at radius 2 is 1.93 bits per heavy atom. The Morgan fingerprint density at radius 3 is 2.72 bits per heavy atom. The Kier molecular flexibility index (Phi) is 5.43. The number of hydrogen-bond donors (Lipinski definition) is 1. The molecule has 2 heterocycles. The third kappa shape index (κ3) is 3.93. The summed E-state index contributed by atoms with van der Waals surface area (Å²) < 4.78 is 2.23. The molecule has 4 rings (SSSR count). The van der Waals surface area contributed by atoms with E-state index in [4.69, 9.17) is 0 Å². The van der Waals surface area contributed by atoms with E-state index in [-0.39, 0.29) is 12.1 Å². The highest BCUT2D eigenvalue weighted by Gasteiger charge is 2.32. The number of carbonyl (C=O) groups is 1. The number of nitrogens with zero attached hydrogens (tertiary/aromatic N) is 2. The Morgan fingerprint density at radius 1 is 1.10 bits per heavy atom. The summed E-state index contributed by atoms with van der Waals surface area (Å²) in [6.45, 7) is 7.72. The Balaban J connectivity index is 1.79. The largest absolute Gasteiger partial charge is 0.338 e. The molecule has 0 saturated heterocycles. The maximum Gasteiger partial charge on any atom is 0.318 e. The summed E-state index contributed by atoms with van der Waals surface area (Å²) in [4.78, 5) is 15.3. The van der Waals surface area contributed by atoms with E-state index in [1.807, 2.05) is 11.0 Å². The van der Waals surface area contributed by atoms with E-state index in [1.54, 1.807) is 0 Å². The molecule has 0 unspecified atom stereocenters. The van der Waals surface area contributed by atoms with Crippen LogP contribution < -0.4 is 5.32 Å². The monoisotopic (exact) mass is 387 g/mol. The fraction of sp³-hybridized carbons (Fsp3) is 0.320. The molecule has 1 N–H and O–H groups in total. The van der Waals surface area contributed by atoms with Gasteiger partial charge in [0.2, 0.25) is 0 Å². The van der Waals surface area contributed by atoms with Gasteiger partial charge in [0.05, 0.1) is 18.3 Å². The van der Waals surface area contributed by atoms with Crippen LogP contribution in [-0.2, 0) is 6.54 Å². The predicted octanol–water partition coefficient (Wildman–Crippen LogP) is 5.45. The third-order valence-electron chi connectivity index (χ3n) is 5.58. The summed E-state index contributed by atoms with van der Waals surface area (Å²) in [5.74, 6) is 0.560. The molecule has 0 fully saturated rings. The summed E-state index contributed by atoms with van der Waals surface area (Å²) in [7, 11) is 0. The smallest absolute Gasteiger partial charge is 0.318 e. The van der Waals surface area contributed by atoms with Crippen LogP contribution in [0.3, 0.4) is 0 Å². The number of para-hydroxylation sites is 1.